The highest BCUT2D eigenvalue weighted by Crippen LogP contribution is 2.29. The third-order valence-corrected chi connectivity index (χ3v) is 3.52. The Balaban J connectivity index is 2.10. The third-order valence-electron chi connectivity index (χ3n) is 2.50. The van der Waals surface area contributed by atoms with Gasteiger partial charge in [0.2, 0.25) is 0 Å². The molecule has 0 unspecified atom stereocenters. The van der Waals surface area contributed by atoms with Gasteiger partial charge < -0.3 is 9.73 Å². The van der Waals surface area contributed by atoms with E-state index in [1.54, 1.807) is 11.3 Å². The van der Waals surface area contributed by atoms with Gasteiger partial charge in [0, 0.05) is 13.0 Å². The van der Waals surface area contributed by atoms with Gasteiger partial charge >= 0.3 is 0 Å². The van der Waals surface area contributed by atoms with Crippen molar-refractivity contribution < 1.29 is 4.42 Å². The molecular formula is C12H17N3OS. The molecule has 0 spiro atoms. The number of nitrogens with one attached hydrogen (secondary N) is 1. The van der Waals surface area contributed by atoms with Crippen LogP contribution in [0, 0.1) is 13.8 Å². The summed E-state index contributed by atoms with van der Waals surface area (Å²) in [4.78, 5) is 0. The Labute approximate surface area is 105 Å². The Morgan fingerprint density at radius 3 is 2.82 bits per heavy atom. The van der Waals surface area contributed by atoms with Crippen molar-refractivity contribution in [2.24, 2.45) is 0 Å². The highest BCUT2D eigenvalue weighted by Gasteiger charge is 2.12. The van der Waals surface area contributed by atoms with Crippen molar-refractivity contribution in [1.82, 2.24) is 15.5 Å². The predicted octanol–water partition coefficient (Wildman–Crippen LogP) is 2.57. The maximum atomic E-state index is 5.50. The molecule has 0 saturated carbocycles. The zero-order chi connectivity index (χ0) is 12.3. The average Bonchev–Trinajstić information content (AvgIpc) is 2.86. The second-order valence-corrected chi connectivity index (χ2v) is 4.99. The lowest BCUT2D eigenvalue weighted by Gasteiger charge is -1.95. The smallest absolute Gasteiger partial charge is 0.151 e. The largest absolute Gasteiger partial charge is 0.466 e. The summed E-state index contributed by atoms with van der Waals surface area (Å²) in [7, 11) is 0. The van der Waals surface area contributed by atoms with Crippen LogP contribution in [-0.2, 0) is 6.42 Å². The van der Waals surface area contributed by atoms with Crippen molar-refractivity contribution in [2.45, 2.75) is 27.2 Å². The number of nitrogens with zero attached hydrogens (tertiary/aromatic N) is 2. The molecule has 0 bridgehead atoms. The second-order valence-electron chi connectivity index (χ2n) is 3.93. The molecule has 2 rings (SSSR count). The van der Waals surface area contributed by atoms with E-state index < -0.39 is 0 Å². The van der Waals surface area contributed by atoms with Crippen LogP contribution < -0.4 is 5.32 Å². The van der Waals surface area contributed by atoms with Crippen LogP contribution in [0.2, 0.25) is 0 Å². The molecule has 4 nitrogen and oxygen atoms in total. The molecule has 92 valence electrons. The topological polar surface area (TPSA) is 51.0 Å². The summed E-state index contributed by atoms with van der Waals surface area (Å²) in [5.74, 6) is 1.83. The molecule has 2 aromatic heterocycles. The van der Waals surface area contributed by atoms with Crippen molar-refractivity contribution in [1.29, 1.82) is 0 Å². The van der Waals surface area contributed by atoms with Crippen molar-refractivity contribution >= 4 is 11.3 Å². The van der Waals surface area contributed by atoms with E-state index >= 15 is 0 Å². The average molecular weight is 251 g/mol. The number of hydrogen-bond acceptors (Lipinski definition) is 5. The van der Waals surface area contributed by atoms with Gasteiger partial charge in [-0.3, -0.25) is 0 Å². The van der Waals surface area contributed by atoms with E-state index in [0.29, 0.717) is 0 Å². The standard InChI is InChI=1S/C12H17N3OS/c1-4-13-6-5-11-14-15-12(17-11)10-7-8(2)16-9(10)3/h7,13H,4-6H2,1-3H3. The molecule has 17 heavy (non-hydrogen) atoms. The number of aromatic nitrogens is 2. The normalized spacial score (nSPS) is 11.0. The number of likely N-dealkylation sites (N-methyl/N-ethyl adjacent to an activating group) is 1. The van der Waals surface area contributed by atoms with Gasteiger partial charge in [-0.25, -0.2) is 0 Å². The van der Waals surface area contributed by atoms with Gasteiger partial charge in [0.15, 0.2) is 5.01 Å². The van der Waals surface area contributed by atoms with E-state index in [-0.39, 0.29) is 0 Å². The van der Waals surface area contributed by atoms with E-state index in [0.717, 1.165) is 46.6 Å². The molecule has 0 aliphatic carbocycles. The quantitative estimate of drug-likeness (QED) is 0.830. The molecule has 2 heterocycles. The predicted molar refractivity (Wildman–Crippen MR) is 69.3 cm³/mol. The molecule has 0 saturated heterocycles. The number of rotatable bonds is 5. The first kappa shape index (κ1) is 12.3. The molecule has 0 radical (unpaired) electrons. The lowest BCUT2D eigenvalue weighted by atomic mass is 10.2. The van der Waals surface area contributed by atoms with Crippen LogP contribution in [0.3, 0.4) is 0 Å². The Kier molecular flexibility index (Phi) is 3.91. The van der Waals surface area contributed by atoms with Gasteiger partial charge in [-0.15, -0.1) is 10.2 Å². The van der Waals surface area contributed by atoms with Crippen molar-refractivity contribution in [3.05, 3.63) is 22.6 Å². The maximum absolute atomic E-state index is 5.50. The van der Waals surface area contributed by atoms with E-state index in [1.165, 1.54) is 0 Å². The summed E-state index contributed by atoms with van der Waals surface area (Å²) in [6, 6.07) is 2.02. The van der Waals surface area contributed by atoms with Gasteiger partial charge in [-0.1, -0.05) is 18.3 Å². The molecule has 0 amide bonds. The molecular weight excluding hydrogens is 234 g/mol. The minimum absolute atomic E-state index is 0.914. The Hall–Kier alpha value is -1.20. The van der Waals surface area contributed by atoms with Gasteiger partial charge in [0.25, 0.3) is 0 Å². The Bertz CT molecular complexity index is 490. The van der Waals surface area contributed by atoms with E-state index in [9.17, 15) is 0 Å². The van der Waals surface area contributed by atoms with Crippen molar-refractivity contribution in [3.8, 4) is 10.6 Å². The number of aryl methyl sites for hydroxylation is 2. The van der Waals surface area contributed by atoms with Gasteiger partial charge in [-0.2, -0.15) is 0 Å². The third kappa shape index (κ3) is 2.92. The van der Waals surface area contributed by atoms with E-state index in [1.807, 2.05) is 19.9 Å². The monoisotopic (exact) mass is 251 g/mol. The van der Waals surface area contributed by atoms with E-state index in [2.05, 4.69) is 22.4 Å². The summed E-state index contributed by atoms with van der Waals surface area (Å²) >= 11 is 1.64. The van der Waals surface area contributed by atoms with Gasteiger partial charge in [0.05, 0.1) is 5.56 Å². The number of furan rings is 1. The lowest BCUT2D eigenvalue weighted by Crippen LogP contribution is -2.15. The maximum Gasteiger partial charge on any atom is 0.151 e. The number of hydrogen-bond donors (Lipinski definition) is 1. The van der Waals surface area contributed by atoms with Crippen LogP contribution >= 0.6 is 11.3 Å². The molecule has 2 aromatic rings. The fourth-order valence-corrected chi connectivity index (χ4v) is 2.58. The van der Waals surface area contributed by atoms with Crippen molar-refractivity contribution in [2.75, 3.05) is 13.1 Å². The van der Waals surface area contributed by atoms with Crippen LogP contribution in [0.25, 0.3) is 10.6 Å². The first-order chi connectivity index (χ1) is 8.20. The molecule has 0 aromatic carbocycles. The minimum atomic E-state index is 0.914. The van der Waals surface area contributed by atoms with Crippen LogP contribution in [0.4, 0.5) is 0 Å². The lowest BCUT2D eigenvalue weighted by molar-refractivity contribution is 0.505. The Morgan fingerprint density at radius 1 is 1.35 bits per heavy atom. The molecule has 1 N–H and O–H groups in total. The minimum Gasteiger partial charge on any atom is -0.466 e. The van der Waals surface area contributed by atoms with Crippen molar-refractivity contribution in [3.63, 3.8) is 0 Å². The highest BCUT2D eigenvalue weighted by atomic mass is 32.1. The first-order valence-electron chi connectivity index (χ1n) is 5.81. The van der Waals surface area contributed by atoms with Crippen LogP contribution in [0.15, 0.2) is 10.5 Å². The summed E-state index contributed by atoms with van der Waals surface area (Å²) in [6.07, 6.45) is 0.932. The van der Waals surface area contributed by atoms with Crippen LogP contribution in [-0.4, -0.2) is 23.3 Å². The SMILES string of the molecule is CCNCCc1nnc(-c2cc(C)oc2C)s1. The molecule has 0 aliphatic rings. The fraction of sp³-hybridized carbons (Fsp3) is 0.500. The molecule has 0 atom stereocenters. The van der Waals surface area contributed by atoms with Crippen LogP contribution in [0.5, 0.6) is 0 Å². The Morgan fingerprint density at radius 2 is 2.18 bits per heavy atom. The van der Waals surface area contributed by atoms with Gasteiger partial charge in [0.1, 0.15) is 16.5 Å². The molecule has 0 aliphatic heterocycles. The van der Waals surface area contributed by atoms with Gasteiger partial charge in [-0.05, 0) is 26.5 Å². The highest BCUT2D eigenvalue weighted by molar-refractivity contribution is 7.14. The summed E-state index contributed by atoms with van der Waals surface area (Å²) in [5, 5.41) is 13.7. The molecule has 5 heteroatoms. The second kappa shape index (κ2) is 5.42. The summed E-state index contributed by atoms with van der Waals surface area (Å²) in [5.41, 5.74) is 1.06. The summed E-state index contributed by atoms with van der Waals surface area (Å²) in [6.45, 7) is 7.95. The molecule has 0 fully saturated rings. The van der Waals surface area contributed by atoms with Crippen LogP contribution in [0.1, 0.15) is 23.5 Å². The summed E-state index contributed by atoms with van der Waals surface area (Å²) < 4.78 is 5.50. The fourth-order valence-electron chi connectivity index (χ4n) is 1.68. The zero-order valence-corrected chi connectivity index (χ0v) is 11.2. The van der Waals surface area contributed by atoms with E-state index in [4.69, 9.17) is 4.42 Å². The zero-order valence-electron chi connectivity index (χ0n) is 10.4. The first-order valence-corrected chi connectivity index (χ1v) is 6.63.